The molecule has 1 N–H and O–H groups in total. The highest BCUT2D eigenvalue weighted by atomic mass is 35.5. The topological polar surface area (TPSA) is 60.5 Å². The van der Waals surface area contributed by atoms with Crippen LogP contribution < -0.4 is 14.8 Å². The number of halogens is 10. The van der Waals surface area contributed by atoms with Crippen molar-refractivity contribution in [3.05, 3.63) is 124 Å². The summed E-state index contributed by atoms with van der Waals surface area (Å²) in [5.74, 6) is -4.85. The van der Waals surface area contributed by atoms with Crippen LogP contribution in [0.5, 0.6) is 11.5 Å². The van der Waals surface area contributed by atoms with Crippen LogP contribution in [0, 0.1) is 11.6 Å². The second-order valence-electron chi connectivity index (χ2n) is 9.58. The zero-order valence-corrected chi connectivity index (χ0v) is 23.5. The summed E-state index contributed by atoms with van der Waals surface area (Å²) in [7, 11) is 1.39. The SMILES string of the molecule is COc1ccc(CC(NC(=O)c2ccc(F)c(C(F)(F)F)c2)(c2cc(F)cc(OC(F)(F)C(F)F)c2)c2ccc(Cl)cn2)cc1. The molecule has 0 aliphatic rings. The molecule has 238 valence electrons. The number of hydrogen-bond donors (Lipinski definition) is 1. The van der Waals surface area contributed by atoms with Crippen molar-refractivity contribution in [3.8, 4) is 11.5 Å². The van der Waals surface area contributed by atoms with Gasteiger partial charge in [0.1, 0.15) is 28.7 Å². The monoisotopic (exact) mass is 662 g/mol. The summed E-state index contributed by atoms with van der Waals surface area (Å²) < 4.78 is 132. The lowest BCUT2D eigenvalue weighted by molar-refractivity contribution is -0.253. The van der Waals surface area contributed by atoms with Gasteiger partial charge in [-0.15, -0.1) is 0 Å². The molecule has 1 heterocycles. The number of benzene rings is 3. The third-order valence-corrected chi connectivity index (χ3v) is 6.75. The standard InChI is InChI=1S/C30H20ClF9N2O3/c1-44-21-6-2-16(3-7-21)14-28(25-9-5-19(31)15-41-25,18-11-20(32)13-22(12-18)45-30(39,40)27(34)35)42-26(43)17-4-8-24(33)23(10-17)29(36,37)38/h2-13,15,27H,14H2,1H3,(H,42,43). The van der Waals surface area contributed by atoms with Crippen molar-refractivity contribution in [1.29, 1.82) is 0 Å². The first kappa shape index (κ1) is 33.4. The molecule has 0 radical (unpaired) electrons. The molecule has 1 unspecified atom stereocenters. The van der Waals surface area contributed by atoms with Crippen LogP contribution in [-0.4, -0.2) is 30.5 Å². The van der Waals surface area contributed by atoms with E-state index in [2.05, 4.69) is 15.0 Å². The predicted molar refractivity (Wildman–Crippen MR) is 144 cm³/mol. The van der Waals surface area contributed by atoms with E-state index < -0.39 is 58.7 Å². The molecule has 0 saturated carbocycles. The maximum Gasteiger partial charge on any atom is 0.461 e. The van der Waals surface area contributed by atoms with Gasteiger partial charge in [0.2, 0.25) is 0 Å². The summed E-state index contributed by atoms with van der Waals surface area (Å²) in [5.41, 5.74) is -4.72. The molecule has 0 bridgehead atoms. The lowest BCUT2D eigenvalue weighted by Gasteiger charge is -2.36. The van der Waals surface area contributed by atoms with E-state index in [1.54, 1.807) is 0 Å². The number of nitrogens with one attached hydrogen (secondary N) is 1. The average Bonchev–Trinajstić information content (AvgIpc) is 2.96. The van der Waals surface area contributed by atoms with Gasteiger partial charge in [0.25, 0.3) is 5.91 Å². The molecule has 4 rings (SSSR count). The first-order valence-electron chi connectivity index (χ1n) is 12.6. The number of alkyl halides is 7. The summed E-state index contributed by atoms with van der Waals surface area (Å²) in [6.45, 7) is 0. The minimum absolute atomic E-state index is 0.0941. The largest absolute Gasteiger partial charge is 0.497 e. The van der Waals surface area contributed by atoms with E-state index in [0.717, 1.165) is 24.4 Å². The van der Waals surface area contributed by atoms with Crippen LogP contribution in [0.25, 0.3) is 0 Å². The fourth-order valence-electron chi connectivity index (χ4n) is 4.42. The van der Waals surface area contributed by atoms with E-state index in [1.165, 1.54) is 43.5 Å². The van der Waals surface area contributed by atoms with E-state index in [9.17, 15) is 44.3 Å². The molecule has 4 aromatic rings. The minimum Gasteiger partial charge on any atom is -0.497 e. The molecule has 0 aliphatic heterocycles. The number of aromatic nitrogens is 1. The third kappa shape index (κ3) is 7.62. The Kier molecular flexibility index (Phi) is 9.57. The van der Waals surface area contributed by atoms with Crippen LogP contribution in [0.1, 0.15) is 32.7 Å². The maximum absolute atomic E-state index is 15.0. The lowest BCUT2D eigenvalue weighted by atomic mass is 9.80. The minimum atomic E-state index is -5.18. The van der Waals surface area contributed by atoms with Crippen molar-refractivity contribution in [2.45, 2.75) is 30.7 Å². The molecule has 1 amide bonds. The summed E-state index contributed by atoms with van der Waals surface area (Å²) >= 11 is 5.99. The van der Waals surface area contributed by atoms with Crippen molar-refractivity contribution >= 4 is 17.5 Å². The number of pyridine rings is 1. The Balaban J connectivity index is 1.96. The molecule has 0 fully saturated rings. The van der Waals surface area contributed by atoms with Crippen molar-refractivity contribution < 1.29 is 53.8 Å². The Morgan fingerprint density at radius 1 is 0.911 bits per heavy atom. The lowest BCUT2D eigenvalue weighted by Crippen LogP contribution is -2.49. The van der Waals surface area contributed by atoms with E-state index in [0.29, 0.717) is 23.4 Å². The zero-order chi connectivity index (χ0) is 33.2. The molecule has 45 heavy (non-hydrogen) atoms. The Morgan fingerprint density at radius 3 is 2.18 bits per heavy atom. The third-order valence-electron chi connectivity index (χ3n) is 6.53. The Labute approximate surface area is 254 Å². The van der Waals surface area contributed by atoms with Crippen LogP contribution in [0.2, 0.25) is 5.02 Å². The van der Waals surface area contributed by atoms with Gasteiger partial charge in [-0.25, -0.2) is 8.78 Å². The number of hydrogen-bond acceptors (Lipinski definition) is 4. The van der Waals surface area contributed by atoms with Crippen molar-refractivity contribution in [1.82, 2.24) is 10.3 Å². The highest BCUT2D eigenvalue weighted by Gasteiger charge is 2.45. The second kappa shape index (κ2) is 12.9. The second-order valence-corrected chi connectivity index (χ2v) is 10.0. The number of nitrogens with zero attached hydrogens (tertiary/aromatic N) is 1. The predicted octanol–water partition coefficient (Wildman–Crippen LogP) is 8.19. The van der Waals surface area contributed by atoms with E-state index >= 15 is 0 Å². The quantitative estimate of drug-likeness (QED) is 0.174. The number of methoxy groups -OCH3 is 1. The summed E-state index contributed by atoms with van der Waals surface area (Å²) in [5, 5.41) is 2.58. The number of carbonyl (C=O) groups is 1. The van der Waals surface area contributed by atoms with Gasteiger partial charge < -0.3 is 14.8 Å². The van der Waals surface area contributed by atoms with E-state index in [-0.39, 0.29) is 28.8 Å². The Hall–Kier alpha value is -4.46. The molecule has 3 aromatic carbocycles. The van der Waals surface area contributed by atoms with Crippen molar-refractivity contribution in [3.63, 3.8) is 0 Å². The first-order valence-corrected chi connectivity index (χ1v) is 13.0. The van der Waals surface area contributed by atoms with Crippen LogP contribution in [0.15, 0.2) is 79.0 Å². The van der Waals surface area contributed by atoms with Gasteiger partial charge in [0, 0.05) is 24.2 Å². The van der Waals surface area contributed by atoms with Gasteiger partial charge in [0.05, 0.1) is 23.4 Å². The molecule has 5 nitrogen and oxygen atoms in total. The summed E-state index contributed by atoms with van der Waals surface area (Å²) in [6, 6.07) is 11.9. The highest BCUT2D eigenvalue weighted by Crippen LogP contribution is 2.38. The van der Waals surface area contributed by atoms with Gasteiger partial charge in [0.15, 0.2) is 0 Å². The fourth-order valence-corrected chi connectivity index (χ4v) is 4.53. The molecule has 1 aromatic heterocycles. The van der Waals surface area contributed by atoms with Crippen LogP contribution in [0.4, 0.5) is 39.5 Å². The summed E-state index contributed by atoms with van der Waals surface area (Å²) in [6.07, 6.45) is -13.8. The highest BCUT2D eigenvalue weighted by molar-refractivity contribution is 6.30. The van der Waals surface area contributed by atoms with Crippen molar-refractivity contribution in [2.24, 2.45) is 0 Å². The Bertz CT molecular complexity index is 1670. The van der Waals surface area contributed by atoms with Gasteiger partial charge in [-0.1, -0.05) is 23.7 Å². The zero-order valence-electron chi connectivity index (χ0n) is 22.7. The Morgan fingerprint density at radius 2 is 1.60 bits per heavy atom. The van der Waals surface area contributed by atoms with E-state index in [4.69, 9.17) is 16.3 Å². The number of ether oxygens (including phenoxy) is 2. The van der Waals surface area contributed by atoms with Gasteiger partial charge >= 0.3 is 18.7 Å². The molecular weight excluding hydrogens is 643 g/mol. The van der Waals surface area contributed by atoms with Crippen LogP contribution in [-0.2, 0) is 18.1 Å². The fraction of sp³-hybridized carbons (Fsp3) is 0.200. The molecule has 0 aliphatic carbocycles. The average molecular weight is 663 g/mol. The number of rotatable bonds is 10. The summed E-state index contributed by atoms with van der Waals surface area (Å²) in [4.78, 5) is 17.8. The molecule has 15 heteroatoms. The molecule has 0 spiro atoms. The molecule has 1 atom stereocenters. The van der Waals surface area contributed by atoms with Gasteiger partial charge in [-0.3, -0.25) is 9.78 Å². The number of carbonyl (C=O) groups excluding carboxylic acids is 1. The first-order chi connectivity index (χ1) is 21.0. The normalized spacial score (nSPS) is 13.3. The van der Waals surface area contributed by atoms with Gasteiger partial charge in [-0.05, 0) is 65.7 Å². The van der Waals surface area contributed by atoms with Gasteiger partial charge in [-0.2, -0.15) is 30.7 Å². The van der Waals surface area contributed by atoms with E-state index in [1.807, 2.05) is 0 Å². The van der Waals surface area contributed by atoms with Crippen LogP contribution in [0.3, 0.4) is 0 Å². The maximum atomic E-state index is 15.0. The smallest absolute Gasteiger partial charge is 0.461 e. The number of amides is 1. The molecule has 0 saturated heterocycles. The van der Waals surface area contributed by atoms with Crippen molar-refractivity contribution in [2.75, 3.05) is 7.11 Å². The molecular formula is C30H20ClF9N2O3. The van der Waals surface area contributed by atoms with Crippen LogP contribution >= 0.6 is 11.6 Å².